The van der Waals surface area contributed by atoms with Gasteiger partial charge in [-0.1, -0.05) is 23.9 Å². The van der Waals surface area contributed by atoms with Gasteiger partial charge in [0.1, 0.15) is 6.10 Å². The predicted octanol–water partition coefficient (Wildman–Crippen LogP) is 3.17. The fourth-order valence-corrected chi connectivity index (χ4v) is 5.95. The topological polar surface area (TPSA) is 30.9 Å². The molecule has 1 saturated heterocycles. The van der Waals surface area contributed by atoms with Crippen LogP contribution in [0.15, 0.2) is 24.3 Å². The molecule has 0 amide bonds. The van der Waals surface area contributed by atoms with Gasteiger partial charge in [-0.3, -0.25) is 0 Å². The summed E-state index contributed by atoms with van der Waals surface area (Å²) in [5.41, 5.74) is 2.73. The number of likely N-dealkylation sites (tertiary alicyclic amines) is 1. The van der Waals surface area contributed by atoms with E-state index >= 15 is 0 Å². The molecule has 138 valence electrons. The van der Waals surface area contributed by atoms with E-state index in [1.807, 2.05) is 12.3 Å². The number of hydrogen-bond donors (Lipinski definition) is 0. The lowest BCUT2D eigenvalue weighted by Gasteiger charge is -2.56. The molecule has 1 spiro atoms. The van der Waals surface area contributed by atoms with Crippen LogP contribution < -0.4 is 9.47 Å². The Morgan fingerprint density at radius 3 is 3.00 bits per heavy atom. The third-order valence-corrected chi connectivity index (χ3v) is 7.76. The second-order valence-electron chi connectivity index (χ2n) is 7.66. The summed E-state index contributed by atoms with van der Waals surface area (Å²) in [6, 6.07) is 4.79. The van der Waals surface area contributed by atoms with E-state index in [9.17, 15) is 0 Å². The first-order valence-corrected chi connectivity index (χ1v) is 10.7. The zero-order chi connectivity index (χ0) is 18.1. The number of nitrogens with zero attached hydrogens (tertiary/aromatic N) is 1. The lowest BCUT2D eigenvalue weighted by Crippen LogP contribution is -2.65. The van der Waals surface area contributed by atoms with Crippen LogP contribution in [-0.4, -0.2) is 54.5 Å². The molecule has 1 aromatic carbocycles. The van der Waals surface area contributed by atoms with Crippen molar-refractivity contribution in [3.63, 3.8) is 0 Å². The molecule has 0 saturated carbocycles. The van der Waals surface area contributed by atoms with Crippen LogP contribution in [0.5, 0.6) is 11.5 Å². The molecule has 0 N–H and O–H groups in total. The Hall–Kier alpha value is -1.24. The van der Waals surface area contributed by atoms with Crippen molar-refractivity contribution in [1.82, 2.24) is 4.90 Å². The number of benzene rings is 1. The van der Waals surface area contributed by atoms with Gasteiger partial charge in [0.2, 0.25) is 4.38 Å². The van der Waals surface area contributed by atoms with Gasteiger partial charge in [0, 0.05) is 22.9 Å². The molecular formula is C20H23NO3S2. The van der Waals surface area contributed by atoms with E-state index in [0.717, 1.165) is 30.9 Å². The highest BCUT2D eigenvalue weighted by Gasteiger charge is 2.65. The van der Waals surface area contributed by atoms with E-state index in [1.165, 1.54) is 22.9 Å². The van der Waals surface area contributed by atoms with Crippen LogP contribution in [0.3, 0.4) is 0 Å². The average Bonchev–Trinajstić information content (AvgIpc) is 3.00. The highest BCUT2D eigenvalue weighted by atomic mass is 32.2. The number of thioether (sulfide) groups is 1. The number of piperidine rings is 1. The van der Waals surface area contributed by atoms with E-state index in [1.54, 1.807) is 7.11 Å². The van der Waals surface area contributed by atoms with Crippen LogP contribution in [0, 0.1) is 5.92 Å². The molecule has 0 unspecified atom stereocenters. The quantitative estimate of drug-likeness (QED) is 0.570. The van der Waals surface area contributed by atoms with Gasteiger partial charge in [-0.15, -0.1) is 0 Å². The predicted molar refractivity (Wildman–Crippen MR) is 107 cm³/mol. The number of methoxy groups -OCH3 is 1. The van der Waals surface area contributed by atoms with Gasteiger partial charge in [-0.25, -0.2) is 0 Å². The van der Waals surface area contributed by atoms with E-state index in [0.29, 0.717) is 16.3 Å². The molecule has 2 aliphatic heterocycles. The van der Waals surface area contributed by atoms with Crippen molar-refractivity contribution in [2.75, 3.05) is 27.0 Å². The minimum Gasteiger partial charge on any atom is -0.493 e. The monoisotopic (exact) mass is 389 g/mol. The molecule has 4 nitrogen and oxygen atoms in total. The summed E-state index contributed by atoms with van der Waals surface area (Å²) in [5.74, 6) is 2.19. The fourth-order valence-electron chi connectivity index (χ4n) is 5.63. The summed E-state index contributed by atoms with van der Waals surface area (Å²) in [7, 11) is 3.96. The van der Waals surface area contributed by atoms with Gasteiger partial charge in [0.05, 0.1) is 7.11 Å². The zero-order valence-electron chi connectivity index (χ0n) is 15.2. The minimum atomic E-state index is -0.154. The first kappa shape index (κ1) is 16.9. The third-order valence-electron chi connectivity index (χ3n) is 6.73. The van der Waals surface area contributed by atoms with Crippen molar-refractivity contribution in [3.05, 3.63) is 35.4 Å². The average molecular weight is 390 g/mol. The number of hydrogen-bond acceptors (Lipinski definition) is 6. The maximum atomic E-state index is 6.61. The molecule has 4 aliphatic rings. The largest absolute Gasteiger partial charge is 0.493 e. The maximum Gasteiger partial charge on any atom is 0.220 e. The second kappa shape index (κ2) is 5.88. The van der Waals surface area contributed by atoms with E-state index < -0.39 is 0 Å². The Kier molecular flexibility index (Phi) is 3.82. The van der Waals surface area contributed by atoms with E-state index in [-0.39, 0.29) is 17.6 Å². The minimum absolute atomic E-state index is 0.0396. The number of rotatable bonds is 2. The molecular weight excluding hydrogens is 366 g/mol. The molecule has 1 aromatic rings. The van der Waals surface area contributed by atoms with Crippen molar-refractivity contribution >= 4 is 28.4 Å². The van der Waals surface area contributed by atoms with Crippen molar-refractivity contribution < 1.29 is 14.2 Å². The van der Waals surface area contributed by atoms with E-state index in [2.05, 4.69) is 30.2 Å². The summed E-state index contributed by atoms with van der Waals surface area (Å²) >= 11 is 6.82. The third kappa shape index (κ3) is 2.04. The van der Waals surface area contributed by atoms with Crippen LogP contribution in [0.1, 0.15) is 17.5 Å². The van der Waals surface area contributed by atoms with Crippen molar-refractivity contribution in [1.29, 1.82) is 0 Å². The van der Waals surface area contributed by atoms with Gasteiger partial charge in [0.25, 0.3) is 0 Å². The fraction of sp³-hybridized carbons (Fsp3) is 0.550. The number of ether oxygens (including phenoxy) is 3. The molecule has 5 atom stereocenters. The lowest BCUT2D eigenvalue weighted by atomic mass is 9.53. The second-order valence-corrected chi connectivity index (χ2v) is 9.07. The van der Waals surface area contributed by atoms with Gasteiger partial charge < -0.3 is 19.1 Å². The Morgan fingerprint density at radius 2 is 2.23 bits per heavy atom. The van der Waals surface area contributed by atoms with Gasteiger partial charge in [0.15, 0.2) is 17.6 Å². The van der Waals surface area contributed by atoms with Crippen LogP contribution in [0.25, 0.3) is 0 Å². The van der Waals surface area contributed by atoms with Crippen LogP contribution in [-0.2, 0) is 16.6 Å². The molecule has 5 rings (SSSR count). The van der Waals surface area contributed by atoms with Crippen LogP contribution in [0.2, 0.25) is 0 Å². The lowest BCUT2D eigenvalue weighted by molar-refractivity contribution is -0.0396. The summed E-state index contributed by atoms with van der Waals surface area (Å²) in [4.78, 5) is 2.51. The van der Waals surface area contributed by atoms with Gasteiger partial charge in [-0.05, 0) is 62.6 Å². The first-order chi connectivity index (χ1) is 12.6. The smallest absolute Gasteiger partial charge is 0.220 e. The Labute approximate surface area is 163 Å². The summed E-state index contributed by atoms with van der Waals surface area (Å²) in [5, 5.41) is 0. The van der Waals surface area contributed by atoms with Crippen molar-refractivity contribution in [3.8, 4) is 11.5 Å². The molecule has 26 heavy (non-hydrogen) atoms. The Morgan fingerprint density at radius 1 is 1.38 bits per heavy atom. The zero-order valence-corrected chi connectivity index (χ0v) is 16.9. The molecule has 2 heterocycles. The van der Waals surface area contributed by atoms with E-state index in [4.69, 9.17) is 26.4 Å². The van der Waals surface area contributed by atoms with Crippen molar-refractivity contribution in [2.45, 2.75) is 36.5 Å². The number of likely N-dealkylation sites (N-methyl/N-ethyl adjacent to an activating group) is 1. The van der Waals surface area contributed by atoms with Gasteiger partial charge >= 0.3 is 0 Å². The standard InChI is InChI=1S/C20H23NO3S2/c1-21-9-8-20-12-5-7-15(23-19(25)26-3)18(20)24-17-14(22-2)6-4-11(16(17)20)10-13(12)21/h4-7,12-13,15,18H,8-10H2,1-3H3/t12-,13+,15-,18-,20-/m0/s1. The van der Waals surface area contributed by atoms with Crippen LogP contribution in [0.4, 0.5) is 0 Å². The van der Waals surface area contributed by atoms with Crippen LogP contribution >= 0.6 is 24.0 Å². The molecule has 0 aromatic heterocycles. The molecule has 0 radical (unpaired) electrons. The Bertz CT molecular complexity index is 810. The Balaban J connectivity index is 1.70. The van der Waals surface area contributed by atoms with Gasteiger partial charge in [-0.2, -0.15) is 0 Å². The first-order valence-electron chi connectivity index (χ1n) is 9.10. The highest BCUT2D eigenvalue weighted by Crippen LogP contribution is 2.62. The molecule has 6 heteroatoms. The highest BCUT2D eigenvalue weighted by molar-refractivity contribution is 8.22. The molecule has 1 fully saturated rings. The summed E-state index contributed by atoms with van der Waals surface area (Å²) < 4.78 is 18.9. The molecule has 2 aliphatic carbocycles. The summed E-state index contributed by atoms with van der Waals surface area (Å²) in [6.07, 6.45) is 8.41. The number of thiocarbonyl (C=S) groups is 1. The summed E-state index contributed by atoms with van der Waals surface area (Å²) in [6.45, 7) is 1.07. The SMILES string of the molecule is COc1ccc2c3c1O[C@H]1[C@@H](OC(=S)SC)C=C[C@H]4[C@@H](C2)N(C)CC[C@@]341. The normalized spacial score (nSPS) is 36.3. The van der Waals surface area contributed by atoms with Crippen molar-refractivity contribution in [2.24, 2.45) is 5.92 Å². The molecule has 2 bridgehead atoms. The maximum absolute atomic E-state index is 6.61.